The number of aliphatic imine (C=N–C) groups is 1. The van der Waals surface area contributed by atoms with Crippen molar-refractivity contribution in [3.8, 4) is 11.5 Å². The molecular weight excluding hydrogens is 469 g/mol. The van der Waals surface area contributed by atoms with Gasteiger partial charge >= 0.3 is 0 Å². The second kappa shape index (κ2) is 16.7. The second-order valence-corrected chi connectivity index (χ2v) is 6.25. The van der Waals surface area contributed by atoms with Crippen molar-refractivity contribution in [1.29, 1.82) is 0 Å². The predicted octanol–water partition coefficient (Wildman–Crippen LogP) is 4.53. The third-order valence-corrected chi connectivity index (χ3v) is 4.04. The van der Waals surface area contributed by atoms with Crippen LogP contribution in [0.25, 0.3) is 0 Å². The van der Waals surface area contributed by atoms with Gasteiger partial charge in [0.25, 0.3) is 0 Å². The normalized spacial score (nSPS) is 12.1. The summed E-state index contributed by atoms with van der Waals surface area (Å²) in [6, 6.07) is 6.19. The van der Waals surface area contributed by atoms with Gasteiger partial charge in [0.05, 0.1) is 19.3 Å². The molecule has 0 radical (unpaired) electrons. The molecule has 0 fully saturated rings. The Kier molecular flexibility index (Phi) is 16.0. The van der Waals surface area contributed by atoms with Gasteiger partial charge in [-0.2, -0.15) is 0 Å². The van der Waals surface area contributed by atoms with Gasteiger partial charge < -0.3 is 24.8 Å². The minimum Gasteiger partial charge on any atom is -0.490 e. The Labute approximate surface area is 187 Å². The third kappa shape index (κ3) is 10.4. The summed E-state index contributed by atoms with van der Waals surface area (Å²) < 4.78 is 16.5. The van der Waals surface area contributed by atoms with E-state index in [9.17, 15) is 0 Å². The van der Waals surface area contributed by atoms with E-state index in [-0.39, 0.29) is 30.0 Å². The number of nitrogens with zero attached hydrogens (tertiary/aromatic N) is 1. The number of unbranched alkanes of at least 4 members (excludes halogenated alkanes) is 2. The number of guanidine groups is 1. The molecule has 0 aliphatic rings. The van der Waals surface area contributed by atoms with Gasteiger partial charge in [0.15, 0.2) is 17.5 Å². The summed E-state index contributed by atoms with van der Waals surface area (Å²) in [7, 11) is 1.74. The smallest absolute Gasteiger partial charge is 0.191 e. The quantitative estimate of drug-likeness (QED) is 0.178. The van der Waals surface area contributed by atoms with Crippen LogP contribution in [0.2, 0.25) is 0 Å². The molecule has 2 N–H and O–H groups in total. The van der Waals surface area contributed by atoms with Gasteiger partial charge in [-0.25, -0.2) is 0 Å². The molecular formula is C21H38IN3O3. The molecule has 1 aromatic carbocycles. The highest BCUT2D eigenvalue weighted by atomic mass is 127. The molecule has 1 unspecified atom stereocenters. The van der Waals surface area contributed by atoms with E-state index in [0.29, 0.717) is 13.2 Å². The number of hydrogen-bond donors (Lipinski definition) is 2. The maximum absolute atomic E-state index is 5.74. The highest BCUT2D eigenvalue weighted by Gasteiger charge is 2.12. The van der Waals surface area contributed by atoms with Crippen LogP contribution in [0, 0.1) is 0 Å². The van der Waals surface area contributed by atoms with Crippen LogP contribution in [0.1, 0.15) is 58.6 Å². The summed E-state index contributed by atoms with van der Waals surface area (Å²) in [5, 5.41) is 6.79. The summed E-state index contributed by atoms with van der Waals surface area (Å²) in [5.41, 5.74) is 1.13. The van der Waals surface area contributed by atoms with Crippen LogP contribution in [0.5, 0.6) is 11.5 Å². The second-order valence-electron chi connectivity index (χ2n) is 6.25. The number of methoxy groups -OCH3 is 1. The SMILES string of the molecule is CCNC(=NCCCCCOC)NC(C)c1ccc(OCC)c(OCC)c1.I. The van der Waals surface area contributed by atoms with Crippen molar-refractivity contribution in [1.82, 2.24) is 10.6 Å². The fourth-order valence-corrected chi connectivity index (χ4v) is 2.67. The molecule has 0 aliphatic carbocycles. The highest BCUT2D eigenvalue weighted by Crippen LogP contribution is 2.30. The lowest BCUT2D eigenvalue weighted by molar-refractivity contribution is 0.192. The lowest BCUT2D eigenvalue weighted by Crippen LogP contribution is -2.38. The number of nitrogens with one attached hydrogen (secondary N) is 2. The molecule has 28 heavy (non-hydrogen) atoms. The number of halogens is 1. The molecule has 0 saturated carbocycles. The maximum atomic E-state index is 5.74. The van der Waals surface area contributed by atoms with Crippen molar-refractivity contribution in [2.75, 3.05) is 40.0 Å². The highest BCUT2D eigenvalue weighted by molar-refractivity contribution is 14.0. The zero-order valence-electron chi connectivity index (χ0n) is 18.0. The first kappa shape index (κ1) is 26.8. The molecule has 0 heterocycles. The number of benzene rings is 1. The summed E-state index contributed by atoms with van der Waals surface area (Å²) in [6.07, 6.45) is 3.27. The van der Waals surface area contributed by atoms with E-state index >= 15 is 0 Å². The average molecular weight is 507 g/mol. The fourth-order valence-electron chi connectivity index (χ4n) is 2.67. The van der Waals surface area contributed by atoms with E-state index in [0.717, 1.165) is 62.0 Å². The largest absolute Gasteiger partial charge is 0.490 e. The Morgan fingerprint density at radius 2 is 1.75 bits per heavy atom. The molecule has 7 heteroatoms. The number of hydrogen-bond acceptors (Lipinski definition) is 4. The van der Waals surface area contributed by atoms with Crippen LogP contribution in [-0.2, 0) is 4.74 Å². The molecule has 6 nitrogen and oxygen atoms in total. The standard InChI is InChI=1S/C21H37N3O3.HI/c1-6-22-21(23-14-10-9-11-15-25-5)24-17(4)18-12-13-19(26-7-2)20(16-18)27-8-3;/h12-13,16-17H,6-11,14-15H2,1-5H3,(H2,22,23,24);1H. The van der Waals surface area contributed by atoms with Gasteiger partial charge in [-0.3, -0.25) is 4.99 Å². The van der Waals surface area contributed by atoms with E-state index in [1.165, 1.54) is 0 Å². The summed E-state index contributed by atoms with van der Waals surface area (Å²) in [5.74, 6) is 2.40. The van der Waals surface area contributed by atoms with Crippen molar-refractivity contribution < 1.29 is 14.2 Å². The van der Waals surface area contributed by atoms with E-state index in [1.54, 1.807) is 7.11 Å². The van der Waals surface area contributed by atoms with Crippen LogP contribution >= 0.6 is 24.0 Å². The number of ether oxygens (including phenoxy) is 3. The van der Waals surface area contributed by atoms with Crippen LogP contribution in [0.4, 0.5) is 0 Å². The van der Waals surface area contributed by atoms with Gasteiger partial charge in [0.1, 0.15) is 0 Å². The van der Waals surface area contributed by atoms with Crippen molar-refractivity contribution in [2.45, 2.75) is 53.0 Å². The van der Waals surface area contributed by atoms with Crippen LogP contribution < -0.4 is 20.1 Å². The molecule has 0 spiro atoms. The monoisotopic (exact) mass is 507 g/mol. The third-order valence-electron chi connectivity index (χ3n) is 4.04. The predicted molar refractivity (Wildman–Crippen MR) is 127 cm³/mol. The molecule has 1 rings (SSSR count). The first-order valence-corrected chi connectivity index (χ1v) is 10.1. The van der Waals surface area contributed by atoms with E-state index < -0.39 is 0 Å². The first-order chi connectivity index (χ1) is 13.2. The minimum atomic E-state index is 0. The zero-order valence-corrected chi connectivity index (χ0v) is 20.4. The zero-order chi connectivity index (χ0) is 19.9. The molecule has 162 valence electrons. The Bertz CT molecular complexity index is 556. The van der Waals surface area contributed by atoms with E-state index in [2.05, 4.69) is 35.5 Å². The molecule has 0 bridgehead atoms. The summed E-state index contributed by atoms with van der Waals surface area (Å²) >= 11 is 0. The van der Waals surface area contributed by atoms with Crippen LogP contribution in [0.3, 0.4) is 0 Å². The molecule has 0 aromatic heterocycles. The Morgan fingerprint density at radius 3 is 2.39 bits per heavy atom. The summed E-state index contributed by atoms with van der Waals surface area (Å²) in [6.45, 7) is 11.8. The molecule has 0 saturated heterocycles. The molecule has 1 atom stereocenters. The van der Waals surface area contributed by atoms with Gasteiger partial charge in [-0.05, 0) is 64.7 Å². The lowest BCUT2D eigenvalue weighted by atomic mass is 10.1. The fraction of sp³-hybridized carbons (Fsp3) is 0.667. The van der Waals surface area contributed by atoms with Gasteiger partial charge in [0.2, 0.25) is 0 Å². The van der Waals surface area contributed by atoms with Crippen LogP contribution in [0.15, 0.2) is 23.2 Å². The maximum Gasteiger partial charge on any atom is 0.191 e. The Balaban J connectivity index is 0.00000729. The van der Waals surface area contributed by atoms with E-state index in [4.69, 9.17) is 14.2 Å². The Morgan fingerprint density at radius 1 is 1.04 bits per heavy atom. The Hall–Kier alpha value is -1.22. The minimum absolute atomic E-state index is 0. The molecule has 0 aliphatic heterocycles. The number of rotatable bonds is 13. The van der Waals surface area contributed by atoms with Crippen LogP contribution in [-0.4, -0.2) is 46.0 Å². The average Bonchev–Trinajstić information content (AvgIpc) is 2.66. The molecule has 1 aromatic rings. The van der Waals surface area contributed by atoms with Crippen molar-refractivity contribution in [2.24, 2.45) is 4.99 Å². The first-order valence-electron chi connectivity index (χ1n) is 10.1. The van der Waals surface area contributed by atoms with Crippen molar-refractivity contribution in [3.05, 3.63) is 23.8 Å². The van der Waals surface area contributed by atoms with Gasteiger partial charge in [-0.1, -0.05) is 6.07 Å². The van der Waals surface area contributed by atoms with Crippen molar-refractivity contribution >= 4 is 29.9 Å². The summed E-state index contributed by atoms with van der Waals surface area (Å²) in [4.78, 5) is 4.68. The van der Waals surface area contributed by atoms with E-state index in [1.807, 2.05) is 26.0 Å². The molecule has 0 amide bonds. The van der Waals surface area contributed by atoms with Crippen molar-refractivity contribution in [3.63, 3.8) is 0 Å². The lowest BCUT2D eigenvalue weighted by Gasteiger charge is -2.20. The topological polar surface area (TPSA) is 64.1 Å². The van der Waals surface area contributed by atoms with Gasteiger partial charge in [0, 0.05) is 26.8 Å². The van der Waals surface area contributed by atoms with Gasteiger partial charge in [-0.15, -0.1) is 24.0 Å².